The van der Waals surface area contributed by atoms with Crippen molar-refractivity contribution < 1.29 is 4.74 Å². The van der Waals surface area contributed by atoms with Crippen LogP contribution in [0.3, 0.4) is 0 Å². The standard InChI is InChI=1S/C15H18B2N2O.C2H6/c1-18(2)10-15(16,17)19-8-7-11-12-4-3-9-20-14(12)6-5-13(11)19;1-2/h5-8H,3-4,9-10H2,1-2H3;1-2H3. The highest BCUT2D eigenvalue weighted by Crippen LogP contribution is 2.33. The van der Waals surface area contributed by atoms with E-state index < -0.39 is 5.34 Å². The van der Waals surface area contributed by atoms with Gasteiger partial charge in [0.1, 0.15) is 5.75 Å². The fraction of sp³-hybridized carbons (Fsp3) is 0.529. The number of ether oxygens (including phenoxy) is 1. The molecule has 1 aromatic heterocycles. The molecule has 114 valence electrons. The molecule has 0 saturated carbocycles. The molecule has 22 heavy (non-hydrogen) atoms. The number of aromatic nitrogens is 1. The van der Waals surface area contributed by atoms with Crippen LogP contribution in [0.5, 0.6) is 5.75 Å². The summed E-state index contributed by atoms with van der Waals surface area (Å²) in [4.78, 5) is 1.99. The van der Waals surface area contributed by atoms with E-state index in [-0.39, 0.29) is 0 Å². The van der Waals surface area contributed by atoms with Crippen molar-refractivity contribution in [1.82, 2.24) is 9.47 Å². The number of aryl methyl sites for hydroxylation is 1. The molecule has 4 radical (unpaired) electrons. The number of likely N-dealkylation sites (N-methyl/N-ethyl adjacent to an activating group) is 1. The second-order valence-electron chi connectivity index (χ2n) is 5.84. The maximum Gasteiger partial charge on any atom is 0.123 e. The average Bonchev–Trinajstić information content (AvgIpc) is 2.93. The summed E-state index contributed by atoms with van der Waals surface area (Å²) in [5, 5.41) is 0.274. The Morgan fingerprint density at radius 1 is 1.23 bits per heavy atom. The first-order valence-electron chi connectivity index (χ1n) is 7.98. The van der Waals surface area contributed by atoms with Gasteiger partial charge in [-0.1, -0.05) is 13.8 Å². The predicted molar refractivity (Wildman–Crippen MR) is 95.1 cm³/mol. The molecule has 3 nitrogen and oxygen atoms in total. The Bertz CT molecular complexity index is 635. The van der Waals surface area contributed by atoms with Gasteiger partial charge >= 0.3 is 0 Å². The Hall–Kier alpha value is -1.35. The molecule has 1 aromatic carbocycles. The minimum Gasteiger partial charge on any atom is -0.493 e. The Morgan fingerprint density at radius 3 is 2.64 bits per heavy atom. The third-order valence-corrected chi connectivity index (χ3v) is 3.79. The number of fused-ring (bicyclic) bond motifs is 3. The smallest absolute Gasteiger partial charge is 0.123 e. The largest absolute Gasteiger partial charge is 0.493 e. The minimum atomic E-state index is -0.922. The van der Waals surface area contributed by atoms with Crippen molar-refractivity contribution in [3.63, 3.8) is 0 Å². The van der Waals surface area contributed by atoms with E-state index in [9.17, 15) is 0 Å². The first kappa shape index (κ1) is 17.0. The lowest BCUT2D eigenvalue weighted by atomic mass is 9.61. The van der Waals surface area contributed by atoms with Crippen LogP contribution in [0.15, 0.2) is 24.4 Å². The molecule has 0 spiro atoms. The Balaban J connectivity index is 0.000000847. The zero-order valence-corrected chi connectivity index (χ0v) is 14.1. The summed E-state index contributed by atoms with van der Waals surface area (Å²) < 4.78 is 7.67. The monoisotopic (exact) mass is 294 g/mol. The van der Waals surface area contributed by atoms with Crippen LogP contribution in [0.4, 0.5) is 0 Å². The topological polar surface area (TPSA) is 17.4 Å². The highest BCUT2D eigenvalue weighted by molar-refractivity contribution is 6.38. The molecule has 5 heteroatoms. The van der Waals surface area contributed by atoms with Crippen molar-refractivity contribution in [1.29, 1.82) is 0 Å². The minimum absolute atomic E-state index is 0.574. The van der Waals surface area contributed by atoms with Crippen molar-refractivity contribution in [3.8, 4) is 5.75 Å². The van der Waals surface area contributed by atoms with Crippen LogP contribution in [-0.4, -0.2) is 52.4 Å². The summed E-state index contributed by atoms with van der Waals surface area (Å²) in [6, 6.07) is 6.16. The van der Waals surface area contributed by atoms with E-state index in [0.29, 0.717) is 6.54 Å². The number of nitrogens with zero attached hydrogens (tertiary/aromatic N) is 2. The van der Waals surface area contributed by atoms with E-state index >= 15 is 0 Å². The highest BCUT2D eigenvalue weighted by atomic mass is 16.5. The van der Waals surface area contributed by atoms with Crippen LogP contribution in [-0.2, 0) is 11.8 Å². The predicted octanol–water partition coefficient (Wildman–Crippen LogP) is 2.50. The molecular weight excluding hydrogens is 270 g/mol. The fourth-order valence-corrected chi connectivity index (χ4v) is 3.03. The molecule has 3 rings (SSSR count). The summed E-state index contributed by atoms with van der Waals surface area (Å²) in [6.45, 7) is 5.38. The van der Waals surface area contributed by atoms with Gasteiger partial charge in [-0.3, -0.25) is 0 Å². The van der Waals surface area contributed by atoms with Gasteiger partial charge in [-0.2, -0.15) is 0 Å². The van der Waals surface area contributed by atoms with E-state index in [1.54, 1.807) is 0 Å². The van der Waals surface area contributed by atoms with Crippen molar-refractivity contribution in [2.24, 2.45) is 0 Å². The summed E-state index contributed by atoms with van der Waals surface area (Å²) in [6.07, 6.45) is 4.08. The molecule has 0 unspecified atom stereocenters. The van der Waals surface area contributed by atoms with Gasteiger partial charge in [-0.15, -0.1) is 0 Å². The third kappa shape index (κ3) is 3.19. The van der Waals surface area contributed by atoms with Crippen LogP contribution in [0, 0.1) is 0 Å². The van der Waals surface area contributed by atoms with Gasteiger partial charge in [-0.25, -0.2) is 0 Å². The van der Waals surface area contributed by atoms with Gasteiger partial charge < -0.3 is 14.2 Å². The van der Waals surface area contributed by atoms with Gasteiger partial charge in [0.2, 0.25) is 0 Å². The summed E-state index contributed by atoms with van der Waals surface area (Å²) >= 11 is 0. The van der Waals surface area contributed by atoms with E-state index in [4.69, 9.17) is 20.4 Å². The van der Waals surface area contributed by atoms with Crippen molar-refractivity contribution in [2.45, 2.75) is 32.0 Å². The normalized spacial score (nSPS) is 14.2. The molecule has 0 fully saturated rings. The number of rotatable bonds is 3. The number of benzene rings is 1. The van der Waals surface area contributed by atoms with Crippen molar-refractivity contribution >= 4 is 26.6 Å². The van der Waals surface area contributed by atoms with E-state index in [1.807, 2.05) is 55.7 Å². The maximum atomic E-state index is 6.29. The van der Waals surface area contributed by atoms with E-state index in [0.717, 1.165) is 30.7 Å². The van der Waals surface area contributed by atoms with Gasteiger partial charge in [0, 0.05) is 29.2 Å². The first-order valence-corrected chi connectivity index (χ1v) is 7.98. The van der Waals surface area contributed by atoms with Crippen LogP contribution in [0.25, 0.3) is 10.9 Å². The van der Waals surface area contributed by atoms with E-state index in [2.05, 4.69) is 6.07 Å². The summed E-state index contributed by atoms with van der Waals surface area (Å²) in [5.41, 5.74) is 2.34. The zero-order valence-electron chi connectivity index (χ0n) is 14.1. The Kier molecular flexibility index (Phi) is 5.28. The fourth-order valence-electron chi connectivity index (χ4n) is 3.03. The van der Waals surface area contributed by atoms with Crippen LogP contribution < -0.4 is 4.74 Å². The molecular formula is C17H24B2N2O. The second kappa shape index (κ2) is 6.82. The highest BCUT2D eigenvalue weighted by Gasteiger charge is 2.23. The van der Waals surface area contributed by atoms with E-state index in [1.165, 1.54) is 10.9 Å². The molecule has 1 aliphatic rings. The quantitative estimate of drug-likeness (QED) is 0.809. The van der Waals surface area contributed by atoms with Crippen LogP contribution >= 0.6 is 0 Å². The van der Waals surface area contributed by atoms with Gasteiger partial charge in [0.05, 0.1) is 22.3 Å². The van der Waals surface area contributed by atoms with Crippen molar-refractivity contribution in [3.05, 3.63) is 30.0 Å². The zero-order chi connectivity index (χ0) is 16.3. The molecule has 0 amide bonds. The SMILES string of the molecule is CC.[B]C([B])(CN(C)C)n1ccc2c3c(ccc21)OCCC3. The molecule has 0 aliphatic carbocycles. The molecule has 2 heterocycles. The molecule has 0 saturated heterocycles. The average molecular weight is 294 g/mol. The Morgan fingerprint density at radius 2 is 1.95 bits per heavy atom. The van der Waals surface area contributed by atoms with Crippen LogP contribution in [0.1, 0.15) is 25.8 Å². The number of hydrogen-bond donors (Lipinski definition) is 0. The van der Waals surface area contributed by atoms with Gasteiger partial charge in [0.25, 0.3) is 0 Å². The maximum absolute atomic E-state index is 6.29. The lowest BCUT2D eigenvalue weighted by molar-refractivity contribution is 0.289. The lowest BCUT2D eigenvalue weighted by Gasteiger charge is -2.32. The molecule has 0 bridgehead atoms. The molecule has 0 N–H and O–H groups in total. The molecule has 0 atom stereocenters. The van der Waals surface area contributed by atoms with Crippen molar-refractivity contribution in [2.75, 3.05) is 27.2 Å². The van der Waals surface area contributed by atoms with Crippen LogP contribution in [0.2, 0.25) is 0 Å². The molecule has 2 aromatic rings. The van der Waals surface area contributed by atoms with Gasteiger partial charge in [0.15, 0.2) is 0 Å². The lowest BCUT2D eigenvalue weighted by Crippen LogP contribution is -2.43. The summed E-state index contributed by atoms with van der Waals surface area (Å²) in [5.74, 6) is 0.994. The molecule has 1 aliphatic heterocycles. The Labute approximate surface area is 136 Å². The first-order chi connectivity index (χ1) is 10.5. The number of hydrogen-bond acceptors (Lipinski definition) is 2. The van der Waals surface area contributed by atoms with Gasteiger partial charge in [-0.05, 0) is 50.5 Å². The third-order valence-electron chi connectivity index (χ3n) is 3.79. The summed E-state index contributed by atoms with van der Waals surface area (Å²) in [7, 11) is 16.5. The second-order valence-corrected chi connectivity index (χ2v) is 5.84.